The maximum Gasteiger partial charge on any atom is 0.333 e. The zero-order valence-electron chi connectivity index (χ0n) is 25.5. The van der Waals surface area contributed by atoms with Crippen molar-refractivity contribution in [2.24, 2.45) is 0 Å². The van der Waals surface area contributed by atoms with Crippen LogP contribution in [0.1, 0.15) is 70.6 Å². The number of nitrogens with one attached hydrogen (secondary N) is 4. The van der Waals surface area contributed by atoms with Crippen molar-refractivity contribution in [3.05, 3.63) is 0 Å². The monoisotopic (exact) mass is 676 g/mol. The Bertz CT molecular complexity index is 1200. The second kappa shape index (κ2) is 17.1. The predicted octanol–water partition coefficient (Wildman–Crippen LogP) is -0.548. The molecule has 0 spiro atoms. The van der Waals surface area contributed by atoms with Gasteiger partial charge < -0.3 is 35.1 Å². The lowest BCUT2D eigenvalue weighted by atomic mass is 10.0. The Balaban J connectivity index is 1.25. The molecule has 0 saturated carbocycles. The first-order chi connectivity index (χ1) is 21.2. The zero-order chi connectivity index (χ0) is 33.0. The minimum atomic E-state index is -4.53. The molecule has 3 fully saturated rings. The lowest BCUT2D eigenvalue weighted by Gasteiger charge is -2.35. The molecule has 0 aromatic heterocycles. The van der Waals surface area contributed by atoms with Gasteiger partial charge in [-0.15, -0.1) is 5.06 Å². The number of carbonyl (C=O) groups excluding carboxylic acids is 6. The summed E-state index contributed by atoms with van der Waals surface area (Å²) in [5, 5.41) is 12.2. The molecule has 0 bridgehead atoms. The molecule has 16 nitrogen and oxygen atoms in total. The SMILES string of the molecule is C[N+](CCCNC(=O)CCCCC1SCC2NC(=O)NC21)(CCCNC(=O)CCCC(=O)ON1C(=O)CCC1=O)CS(=O)(=O)[O-]. The topological polar surface area (TPSA) is 220 Å². The van der Waals surface area contributed by atoms with Gasteiger partial charge in [0.1, 0.15) is 10.1 Å². The van der Waals surface area contributed by atoms with Gasteiger partial charge in [0.05, 0.1) is 32.2 Å². The first-order valence-electron chi connectivity index (χ1n) is 15.3. The fourth-order valence-corrected chi connectivity index (χ4v) is 8.21. The quantitative estimate of drug-likeness (QED) is 0.0421. The van der Waals surface area contributed by atoms with Gasteiger partial charge in [0, 0.05) is 69.0 Å². The van der Waals surface area contributed by atoms with Crippen molar-refractivity contribution in [2.45, 2.75) is 88.0 Å². The van der Waals surface area contributed by atoms with E-state index < -0.39 is 33.8 Å². The summed E-state index contributed by atoms with van der Waals surface area (Å²) in [6.45, 7) is 1.20. The second-order valence-corrected chi connectivity index (χ2v) is 14.6. The number of urea groups is 1. The number of unbranched alkanes of at least 4 members (excludes halogenated alkanes) is 1. The van der Waals surface area contributed by atoms with Crippen LogP contribution in [0.5, 0.6) is 0 Å². The summed E-state index contributed by atoms with van der Waals surface area (Å²) in [7, 11) is -2.88. The van der Waals surface area contributed by atoms with Crippen LogP contribution in [0, 0.1) is 0 Å². The van der Waals surface area contributed by atoms with Gasteiger partial charge in [-0.2, -0.15) is 11.8 Å². The van der Waals surface area contributed by atoms with Gasteiger partial charge >= 0.3 is 12.0 Å². The van der Waals surface area contributed by atoms with Crippen LogP contribution in [-0.4, -0.2) is 120 Å². The van der Waals surface area contributed by atoms with Gasteiger partial charge in [0.15, 0.2) is 5.88 Å². The van der Waals surface area contributed by atoms with E-state index in [1.54, 1.807) is 7.05 Å². The van der Waals surface area contributed by atoms with Gasteiger partial charge in [-0.1, -0.05) is 6.42 Å². The Hall–Kier alpha value is -2.96. The summed E-state index contributed by atoms with van der Waals surface area (Å²) < 4.78 is 34.6. The minimum absolute atomic E-state index is 0.00626. The molecular formula is C27H44N6O10S2. The number of hydroxylamine groups is 2. The molecule has 0 aromatic carbocycles. The van der Waals surface area contributed by atoms with E-state index in [0.717, 1.165) is 25.0 Å². The first kappa shape index (κ1) is 36.5. The zero-order valence-corrected chi connectivity index (χ0v) is 27.2. The number of rotatable bonds is 20. The number of amides is 6. The van der Waals surface area contributed by atoms with E-state index in [2.05, 4.69) is 21.3 Å². The molecule has 254 valence electrons. The van der Waals surface area contributed by atoms with Crippen molar-refractivity contribution >= 4 is 57.5 Å². The molecule has 3 aliphatic rings. The smallest absolute Gasteiger partial charge is 0.333 e. The molecule has 4 atom stereocenters. The third-order valence-corrected chi connectivity index (χ3v) is 10.4. The molecule has 45 heavy (non-hydrogen) atoms. The Morgan fingerprint density at radius 3 is 2.13 bits per heavy atom. The molecule has 3 aliphatic heterocycles. The van der Waals surface area contributed by atoms with Crippen LogP contribution in [0.25, 0.3) is 0 Å². The number of nitrogens with zero attached hydrogens (tertiary/aromatic N) is 2. The first-order valence-corrected chi connectivity index (χ1v) is 17.9. The summed E-state index contributed by atoms with van der Waals surface area (Å²) >= 11 is 1.84. The normalized spacial score (nSPS) is 22.4. The molecule has 3 rings (SSSR count). The largest absolute Gasteiger partial charge is 0.744 e. The third kappa shape index (κ3) is 12.8. The van der Waals surface area contributed by atoms with Gasteiger partial charge in [0.25, 0.3) is 11.8 Å². The maximum atomic E-state index is 12.3. The molecule has 4 N–H and O–H groups in total. The van der Waals surface area contributed by atoms with Gasteiger partial charge in [-0.3, -0.25) is 19.2 Å². The minimum Gasteiger partial charge on any atom is -0.744 e. The van der Waals surface area contributed by atoms with E-state index in [9.17, 15) is 41.7 Å². The Labute approximate surface area is 267 Å². The van der Waals surface area contributed by atoms with E-state index >= 15 is 0 Å². The number of hydrogen-bond donors (Lipinski definition) is 4. The van der Waals surface area contributed by atoms with E-state index in [0.29, 0.717) is 49.2 Å². The average molecular weight is 677 g/mol. The van der Waals surface area contributed by atoms with Gasteiger partial charge in [0.2, 0.25) is 11.8 Å². The Kier molecular flexibility index (Phi) is 13.9. The number of quaternary nitrogens is 1. The summed E-state index contributed by atoms with van der Waals surface area (Å²) in [5.41, 5.74) is 0. The van der Waals surface area contributed by atoms with Crippen molar-refractivity contribution in [2.75, 3.05) is 44.9 Å². The molecule has 3 heterocycles. The fourth-order valence-electron chi connectivity index (χ4n) is 5.65. The number of fused-ring (bicyclic) bond motifs is 1. The molecular weight excluding hydrogens is 632 g/mol. The van der Waals surface area contributed by atoms with Crippen LogP contribution in [0.4, 0.5) is 4.79 Å². The number of thioether (sulfide) groups is 1. The van der Waals surface area contributed by atoms with E-state index in [4.69, 9.17) is 4.84 Å². The van der Waals surface area contributed by atoms with Crippen molar-refractivity contribution < 1.29 is 51.1 Å². The Morgan fingerprint density at radius 1 is 0.933 bits per heavy atom. The standard InChI is InChI=1S/C27H44N6O10S2/c1-33(18-45(40,41)42,16-6-14-29-22(35)9-4-10-25(38)43-32-23(36)11-12-24(32)37)15-5-13-28-21(34)8-3-2-7-20-26-19(17-44-20)30-27(39)31-26/h19-20,26H,2-18H2,1H3,(H4-,28,29,30,31,34,35,39,40,41,42). The highest BCUT2D eigenvalue weighted by Crippen LogP contribution is 2.33. The number of carbonyl (C=O) groups is 6. The highest BCUT2D eigenvalue weighted by molar-refractivity contribution is 8.00. The summed E-state index contributed by atoms with van der Waals surface area (Å²) in [6.07, 6.45) is 3.72. The molecule has 3 saturated heterocycles. The molecule has 0 aliphatic carbocycles. The fraction of sp³-hybridized carbons (Fsp3) is 0.778. The van der Waals surface area contributed by atoms with Crippen molar-refractivity contribution in [3.8, 4) is 0 Å². The maximum absolute atomic E-state index is 12.3. The number of hydrogen-bond acceptors (Lipinski definition) is 11. The number of imide groups is 1. The van der Waals surface area contributed by atoms with Crippen LogP contribution >= 0.6 is 11.8 Å². The Morgan fingerprint density at radius 2 is 1.53 bits per heavy atom. The van der Waals surface area contributed by atoms with Gasteiger partial charge in [-0.25, -0.2) is 18.0 Å². The summed E-state index contributed by atoms with van der Waals surface area (Å²) in [5.74, 6) is -2.10. The molecule has 18 heteroatoms. The van der Waals surface area contributed by atoms with Crippen molar-refractivity contribution in [3.63, 3.8) is 0 Å². The highest BCUT2D eigenvalue weighted by Gasteiger charge is 2.42. The van der Waals surface area contributed by atoms with E-state index in [-0.39, 0.29) is 73.1 Å². The second-order valence-electron chi connectivity index (χ2n) is 11.9. The van der Waals surface area contributed by atoms with Crippen LogP contribution in [0.3, 0.4) is 0 Å². The molecule has 4 unspecified atom stereocenters. The van der Waals surface area contributed by atoms with Crippen molar-refractivity contribution in [1.82, 2.24) is 26.3 Å². The average Bonchev–Trinajstić information content (AvgIpc) is 3.60. The molecule has 0 radical (unpaired) electrons. The van der Waals surface area contributed by atoms with Crippen LogP contribution in [0.2, 0.25) is 0 Å². The van der Waals surface area contributed by atoms with Crippen LogP contribution in [-0.2, 0) is 38.9 Å². The van der Waals surface area contributed by atoms with E-state index in [1.807, 2.05) is 11.8 Å². The van der Waals surface area contributed by atoms with Crippen molar-refractivity contribution in [1.29, 1.82) is 0 Å². The lowest BCUT2D eigenvalue weighted by molar-refractivity contribution is -0.898. The van der Waals surface area contributed by atoms with Crippen LogP contribution in [0.15, 0.2) is 0 Å². The van der Waals surface area contributed by atoms with Gasteiger partial charge in [-0.05, 0) is 19.3 Å². The predicted molar refractivity (Wildman–Crippen MR) is 161 cm³/mol. The highest BCUT2D eigenvalue weighted by atomic mass is 32.2. The molecule has 6 amide bonds. The van der Waals surface area contributed by atoms with Crippen LogP contribution < -0.4 is 21.3 Å². The lowest BCUT2D eigenvalue weighted by Crippen LogP contribution is -2.50. The third-order valence-electron chi connectivity index (χ3n) is 7.93. The summed E-state index contributed by atoms with van der Waals surface area (Å²) in [4.78, 5) is 75.5. The molecule has 0 aromatic rings. The summed E-state index contributed by atoms with van der Waals surface area (Å²) in [6, 6.07) is 0.201. The van der Waals surface area contributed by atoms with E-state index in [1.165, 1.54) is 0 Å².